The molecule has 3 nitrogen and oxygen atoms in total. The molecule has 2 unspecified atom stereocenters. The van der Waals surface area contributed by atoms with Crippen molar-refractivity contribution < 1.29 is 4.74 Å². The monoisotopic (exact) mass is 254 g/mol. The lowest BCUT2D eigenvalue weighted by Gasteiger charge is -2.42. The van der Waals surface area contributed by atoms with Crippen molar-refractivity contribution in [2.45, 2.75) is 58.6 Å². The highest BCUT2D eigenvalue weighted by Gasteiger charge is 2.37. The minimum Gasteiger partial charge on any atom is -0.375 e. The van der Waals surface area contributed by atoms with Crippen molar-refractivity contribution in [3.63, 3.8) is 0 Å². The van der Waals surface area contributed by atoms with Crippen molar-refractivity contribution in [2.75, 3.05) is 32.8 Å². The van der Waals surface area contributed by atoms with Crippen molar-refractivity contribution in [1.29, 1.82) is 0 Å². The maximum atomic E-state index is 5.89. The van der Waals surface area contributed by atoms with Gasteiger partial charge in [-0.15, -0.1) is 0 Å². The average molecular weight is 254 g/mol. The number of fused-ring (bicyclic) bond motifs is 1. The van der Waals surface area contributed by atoms with E-state index in [0.29, 0.717) is 17.6 Å². The third-order valence-electron chi connectivity index (χ3n) is 4.26. The van der Waals surface area contributed by atoms with E-state index < -0.39 is 0 Å². The Kier molecular flexibility index (Phi) is 5.05. The van der Waals surface area contributed by atoms with Crippen LogP contribution < -0.4 is 5.32 Å². The Hall–Kier alpha value is -0.120. The van der Waals surface area contributed by atoms with Crippen molar-refractivity contribution in [3.05, 3.63) is 0 Å². The average Bonchev–Trinajstić information content (AvgIpc) is 2.78. The Morgan fingerprint density at radius 3 is 2.94 bits per heavy atom. The summed E-state index contributed by atoms with van der Waals surface area (Å²) in [5.41, 5.74) is 0.361. The summed E-state index contributed by atoms with van der Waals surface area (Å²) in [5.74, 6) is 0. The Morgan fingerprint density at radius 1 is 1.33 bits per heavy atom. The molecule has 18 heavy (non-hydrogen) atoms. The van der Waals surface area contributed by atoms with Gasteiger partial charge in [-0.1, -0.05) is 20.8 Å². The molecule has 0 amide bonds. The highest BCUT2D eigenvalue weighted by molar-refractivity contribution is 4.91. The third-order valence-corrected chi connectivity index (χ3v) is 4.26. The Balaban J connectivity index is 1.83. The highest BCUT2D eigenvalue weighted by atomic mass is 16.5. The third kappa shape index (κ3) is 3.69. The Morgan fingerprint density at radius 2 is 2.17 bits per heavy atom. The molecule has 1 heterocycles. The molecule has 0 bridgehead atoms. The van der Waals surface area contributed by atoms with Gasteiger partial charge in [0, 0.05) is 25.7 Å². The summed E-state index contributed by atoms with van der Waals surface area (Å²) in [6, 6.07) is 0.698. The molecule has 0 spiro atoms. The zero-order valence-corrected chi connectivity index (χ0v) is 12.4. The molecule has 106 valence electrons. The summed E-state index contributed by atoms with van der Waals surface area (Å²) in [5, 5.41) is 3.57. The fraction of sp³-hybridized carbons (Fsp3) is 1.00. The van der Waals surface area contributed by atoms with Crippen molar-refractivity contribution in [1.82, 2.24) is 10.2 Å². The molecule has 0 aromatic heterocycles. The first-order chi connectivity index (χ1) is 8.62. The molecule has 0 aromatic rings. The lowest BCUT2D eigenvalue weighted by Crippen LogP contribution is -2.52. The Bertz CT molecular complexity index is 255. The summed E-state index contributed by atoms with van der Waals surface area (Å²) in [6.07, 6.45) is 5.70. The second-order valence-electron chi connectivity index (χ2n) is 6.72. The van der Waals surface area contributed by atoms with Gasteiger partial charge < -0.3 is 10.1 Å². The predicted molar refractivity (Wildman–Crippen MR) is 75.9 cm³/mol. The van der Waals surface area contributed by atoms with Crippen LogP contribution in [0.3, 0.4) is 0 Å². The molecule has 2 rings (SSSR count). The number of morpholine rings is 1. The van der Waals surface area contributed by atoms with Gasteiger partial charge >= 0.3 is 0 Å². The van der Waals surface area contributed by atoms with Crippen LogP contribution in [0.5, 0.6) is 0 Å². The van der Waals surface area contributed by atoms with Gasteiger partial charge in [0.1, 0.15) is 0 Å². The first kappa shape index (κ1) is 14.3. The molecule has 3 heteroatoms. The second-order valence-corrected chi connectivity index (χ2v) is 6.72. The SMILES string of the molecule is CCCNCC(C)(C)CN1CCOC2CCCC21. The van der Waals surface area contributed by atoms with E-state index in [2.05, 4.69) is 31.0 Å². The van der Waals surface area contributed by atoms with E-state index in [0.717, 1.165) is 26.2 Å². The van der Waals surface area contributed by atoms with Gasteiger partial charge in [-0.3, -0.25) is 4.90 Å². The largest absolute Gasteiger partial charge is 0.375 e. The van der Waals surface area contributed by atoms with Gasteiger partial charge in [0.2, 0.25) is 0 Å². The molecule has 2 aliphatic rings. The van der Waals surface area contributed by atoms with Crippen LogP contribution in [0.4, 0.5) is 0 Å². The summed E-state index contributed by atoms with van der Waals surface area (Å²) >= 11 is 0. The normalized spacial score (nSPS) is 29.5. The van der Waals surface area contributed by atoms with E-state index in [1.165, 1.54) is 32.2 Å². The topological polar surface area (TPSA) is 24.5 Å². The smallest absolute Gasteiger partial charge is 0.0730 e. The quantitative estimate of drug-likeness (QED) is 0.736. The van der Waals surface area contributed by atoms with E-state index in [-0.39, 0.29) is 0 Å². The van der Waals surface area contributed by atoms with Crippen LogP contribution in [0.1, 0.15) is 46.5 Å². The summed E-state index contributed by atoms with van der Waals surface area (Å²) < 4.78 is 5.89. The Labute approximate surface area is 112 Å². The first-order valence-electron chi connectivity index (χ1n) is 7.69. The maximum absolute atomic E-state index is 5.89. The molecule has 1 N–H and O–H groups in total. The highest BCUT2D eigenvalue weighted by Crippen LogP contribution is 2.31. The zero-order chi connectivity index (χ0) is 13.0. The number of nitrogens with one attached hydrogen (secondary N) is 1. The molecule has 1 aliphatic carbocycles. The number of rotatable bonds is 6. The van der Waals surface area contributed by atoms with Crippen LogP contribution in [0.25, 0.3) is 0 Å². The van der Waals surface area contributed by atoms with Crippen LogP contribution in [0, 0.1) is 5.41 Å². The molecule has 1 aliphatic heterocycles. The zero-order valence-electron chi connectivity index (χ0n) is 12.4. The van der Waals surface area contributed by atoms with Crippen molar-refractivity contribution >= 4 is 0 Å². The van der Waals surface area contributed by atoms with E-state index in [1.54, 1.807) is 0 Å². The minimum atomic E-state index is 0.361. The lowest BCUT2D eigenvalue weighted by atomic mass is 9.91. The van der Waals surface area contributed by atoms with Crippen LogP contribution in [0.15, 0.2) is 0 Å². The number of nitrogens with zero attached hydrogens (tertiary/aromatic N) is 1. The minimum absolute atomic E-state index is 0.361. The summed E-state index contributed by atoms with van der Waals surface area (Å²) in [4.78, 5) is 2.69. The fourth-order valence-corrected chi connectivity index (χ4v) is 3.41. The first-order valence-corrected chi connectivity index (χ1v) is 7.69. The summed E-state index contributed by atoms with van der Waals surface area (Å²) in [7, 11) is 0. The summed E-state index contributed by atoms with van der Waals surface area (Å²) in [6.45, 7) is 12.5. The van der Waals surface area contributed by atoms with E-state index >= 15 is 0 Å². The predicted octanol–water partition coefficient (Wildman–Crippen LogP) is 2.27. The number of hydrogen-bond acceptors (Lipinski definition) is 3. The van der Waals surface area contributed by atoms with Gasteiger partial charge in [-0.05, 0) is 37.6 Å². The number of ether oxygens (including phenoxy) is 1. The van der Waals surface area contributed by atoms with Gasteiger partial charge in [0.05, 0.1) is 12.7 Å². The van der Waals surface area contributed by atoms with Gasteiger partial charge in [0.25, 0.3) is 0 Å². The van der Waals surface area contributed by atoms with E-state index in [1.807, 2.05) is 0 Å². The molecule has 1 saturated carbocycles. The molecule has 0 radical (unpaired) electrons. The molecule has 0 aromatic carbocycles. The van der Waals surface area contributed by atoms with Crippen molar-refractivity contribution in [3.8, 4) is 0 Å². The van der Waals surface area contributed by atoms with Gasteiger partial charge in [0.15, 0.2) is 0 Å². The molecule has 2 fully saturated rings. The molecule has 2 atom stereocenters. The van der Waals surface area contributed by atoms with Gasteiger partial charge in [-0.2, -0.15) is 0 Å². The van der Waals surface area contributed by atoms with E-state index in [4.69, 9.17) is 4.74 Å². The molecular formula is C15H30N2O. The maximum Gasteiger partial charge on any atom is 0.0730 e. The van der Waals surface area contributed by atoms with Gasteiger partial charge in [-0.25, -0.2) is 0 Å². The standard InChI is InChI=1S/C15H30N2O/c1-4-8-16-11-15(2,3)12-17-9-10-18-14-7-5-6-13(14)17/h13-14,16H,4-12H2,1-3H3. The van der Waals surface area contributed by atoms with Crippen LogP contribution in [-0.4, -0.2) is 49.8 Å². The number of hydrogen-bond donors (Lipinski definition) is 1. The second kappa shape index (κ2) is 6.36. The fourth-order valence-electron chi connectivity index (χ4n) is 3.41. The molecule has 1 saturated heterocycles. The van der Waals surface area contributed by atoms with Crippen LogP contribution >= 0.6 is 0 Å². The molecular weight excluding hydrogens is 224 g/mol. The van der Waals surface area contributed by atoms with E-state index in [9.17, 15) is 0 Å². The van der Waals surface area contributed by atoms with Crippen molar-refractivity contribution in [2.24, 2.45) is 5.41 Å². The lowest BCUT2D eigenvalue weighted by molar-refractivity contribution is -0.0657. The van der Waals surface area contributed by atoms with Crippen LogP contribution in [0.2, 0.25) is 0 Å². The van der Waals surface area contributed by atoms with Crippen LogP contribution in [-0.2, 0) is 4.74 Å².